The SMILES string of the molecule is C/C(=N\NC(=O)c1ccc(N(C)S(=O)(=O)c2ccccc2)cc1)c1ccccc1O. The molecule has 0 saturated carbocycles. The quantitative estimate of drug-likeness (QED) is 0.469. The summed E-state index contributed by atoms with van der Waals surface area (Å²) in [7, 11) is -2.24. The summed E-state index contributed by atoms with van der Waals surface area (Å²) in [6.45, 7) is 1.67. The van der Waals surface area contributed by atoms with Gasteiger partial charge in [0, 0.05) is 18.2 Å². The maximum atomic E-state index is 12.7. The highest BCUT2D eigenvalue weighted by molar-refractivity contribution is 7.92. The lowest BCUT2D eigenvalue weighted by Gasteiger charge is -2.19. The Hall–Kier alpha value is -3.65. The molecule has 0 aliphatic heterocycles. The maximum absolute atomic E-state index is 12.7. The van der Waals surface area contributed by atoms with Crippen molar-refractivity contribution in [3.8, 4) is 5.75 Å². The van der Waals surface area contributed by atoms with Crippen LogP contribution in [-0.2, 0) is 10.0 Å². The van der Waals surface area contributed by atoms with Gasteiger partial charge in [-0.05, 0) is 55.5 Å². The molecule has 0 aromatic heterocycles. The van der Waals surface area contributed by atoms with Crippen molar-refractivity contribution in [3.63, 3.8) is 0 Å². The van der Waals surface area contributed by atoms with Crippen molar-refractivity contribution in [3.05, 3.63) is 90.0 Å². The van der Waals surface area contributed by atoms with Crippen molar-refractivity contribution in [2.75, 3.05) is 11.4 Å². The highest BCUT2D eigenvalue weighted by atomic mass is 32.2. The highest BCUT2D eigenvalue weighted by Crippen LogP contribution is 2.22. The number of hydrogen-bond donors (Lipinski definition) is 2. The summed E-state index contributed by atoms with van der Waals surface area (Å²) in [6.07, 6.45) is 0. The Morgan fingerprint density at radius 2 is 1.53 bits per heavy atom. The first-order valence-corrected chi connectivity index (χ1v) is 10.5. The fraction of sp³-hybridized carbons (Fsp3) is 0.0909. The Labute approximate surface area is 175 Å². The van der Waals surface area contributed by atoms with E-state index in [0.717, 1.165) is 4.31 Å². The second-order valence-electron chi connectivity index (χ2n) is 6.49. The van der Waals surface area contributed by atoms with Crippen LogP contribution in [0.3, 0.4) is 0 Å². The van der Waals surface area contributed by atoms with Gasteiger partial charge in [-0.25, -0.2) is 13.8 Å². The second kappa shape index (κ2) is 8.79. The molecular weight excluding hydrogens is 402 g/mol. The molecule has 154 valence electrons. The van der Waals surface area contributed by atoms with Gasteiger partial charge in [-0.2, -0.15) is 5.10 Å². The molecule has 7 nitrogen and oxygen atoms in total. The number of phenolic OH excluding ortho intramolecular Hbond substituents is 1. The van der Waals surface area contributed by atoms with Crippen LogP contribution in [0.15, 0.2) is 88.9 Å². The van der Waals surface area contributed by atoms with Crippen LogP contribution < -0.4 is 9.73 Å². The van der Waals surface area contributed by atoms with Crippen LogP contribution in [0.5, 0.6) is 5.75 Å². The number of phenols is 1. The van der Waals surface area contributed by atoms with E-state index in [-0.39, 0.29) is 10.6 Å². The summed E-state index contributed by atoms with van der Waals surface area (Å²) in [6, 6.07) is 20.9. The van der Waals surface area contributed by atoms with Crippen molar-refractivity contribution >= 4 is 27.3 Å². The van der Waals surface area contributed by atoms with Gasteiger partial charge in [0.1, 0.15) is 5.75 Å². The van der Waals surface area contributed by atoms with Crippen LogP contribution in [0.4, 0.5) is 5.69 Å². The second-order valence-corrected chi connectivity index (χ2v) is 8.46. The van der Waals surface area contributed by atoms with Crippen LogP contribution in [0.25, 0.3) is 0 Å². The van der Waals surface area contributed by atoms with Crippen molar-refractivity contribution < 1.29 is 18.3 Å². The van der Waals surface area contributed by atoms with Gasteiger partial charge in [0.2, 0.25) is 0 Å². The number of sulfonamides is 1. The van der Waals surface area contributed by atoms with E-state index in [1.165, 1.54) is 37.4 Å². The van der Waals surface area contributed by atoms with Gasteiger partial charge < -0.3 is 5.11 Å². The van der Waals surface area contributed by atoms with Crippen LogP contribution in [0, 0.1) is 0 Å². The molecule has 3 rings (SSSR count). The summed E-state index contributed by atoms with van der Waals surface area (Å²) in [5, 5.41) is 13.9. The zero-order valence-corrected chi connectivity index (χ0v) is 17.3. The lowest BCUT2D eigenvalue weighted by Crippen LogP contribution is -2.26. The third-order valence-corrected chi connectivity index (χ3v) is 6.31. The van der Waals surface area contributed by atoms with Gasteiger partial charge in [-0.15, -0.1) is 0 Å². The normalized spacial score (nSPS) is 11.7. The van der Waals surface area contributed by atoms with Gasteiger partial charge in [0.15, 0.2) is 0 Å². The van der Waals surface area contributed by atoms with Crippen molar-refractivity contribution in [1.82, 2.24) is 5.43 Å². The zero-order valence-electron chi connectivity index (χ0n) is 16.5. The van der Waals surface area contributed by atoms with E-state index in [2.05, 4.69) is 10.5 Å². The maximum Gasteiger partial charge on any atom is 0.271 e. The van der Waals surface area contributed by atoms with Gasteiger partial charge in [-0.3, -0.25) is 9.10 Å². The van der Waals surface area contributed by atoms with Crippen molar-refractivity contribution in [2.24, 2.45) is 5.10 Å². The number of para-hydroxylation sites is 1. The Balaban J connectivity index is 1.73. The van der Waals surface area contributed by atoms with E-state index in [0.29, 0.717) is 22.5 Å². The number of nitrogens with zero attached hydrogens (tertiary/aromatic N) is 2. The molecular formula is C22H21N3O4S. The summed E-state index contributed by atoms with van der Waals surface area (Å²) < 4.78 is 26.6. The topological polar surface area (TPSA) is 99.1 Å². The van der Waals surface area contributed by atoms with Crippen molar-refractivity contribution in [1.29, 1.82) is 0 Å². The number of carbonyl (C=O) groups excluding carboxylic acids is 1. The van der Waals surface area contributed by atoms with Gasteiger partial charge in [0.25, 0.3) is 15.9 Å². The largest absolute Gasteiger partial charge is 0.507 e. The molecule has 0 saturated heterocycles. The minimum absolute atomic E-state index is 0.0695. The van der Waals surface area contributed by atoms with Crippen LogP contribution in [0.1, 0.15) is 22.8 Å². The van der Waals surface area contributed by atoms with E-state index < -0.39 is 15.9 Å². The summed E-state index contributed by atoms with van der Waals surface area (Å²) in [5.74, 6) is -0.384. The molecule has 0 atom stereocenters. The summed E-state index contributed by atoms with van der Waals surface area (Å²) in [5.41, 5.74) is 4.14. The fourth-order valence-electron chi connectivity index (χ4n) is 2.75. The molecule has 0 radical (unpaired) electrons. The molecule has 3 aromatic carbocycles. The molecule has 3 aromatic rings. The van der Waals surface area contributed by atoms with Crippen LogP contribution in [-0.4, -0.2) is 32.2 Å². The Kier molecular flexibility index (Phi) is 6.17. The van der Waals surface area contributed by atoms with Crippen LogP contribution in [0.2, 0.25) is 0 Å². The zero-order chi connectivity index (χ0) is 21.7. The number of benzene rings is 3. The van der Waals surface area contributed by atoms with Crippen molar-refractivity contribution in [2.45, 2.75) is 11.8 Å². The fourth-order valence-corrected chi connectivity index (χ4v) is 3.97. The number of rotatable bonds is 6. The Bertz CT molecular complexity index is 1170. The molecule has 1 amide bonds. The van der Waals surface area contributed by atoms with Crippen LogP contribution >= 0.6 is 0 Å². The molecule has 0 bridgehead atoms. The highest BCUT2D eigenvalue weighted by Gasteiger charge is 2.21. The third-order valence-electron chi connectivity index (χ3n) is 4.51. The van der Waals surface area contributed by atoms with Gasteiger partial charge in [0.05, 0.1) is 16.3 Å². The number of hydrazone groups is 1. The average Bonchev–Trinajstić information content (AvgIpc) is 2.77. The summed E-state index contributed by atoms with van der Waals surface area (Å²) >= 11 is 0. The number of anilines is 1. The first kappa shape index (κ1) is 21.1. The Morgan fingerprint density at radius 1 is 0.933 bits per heavy atom. The van der Waals surface area contributed by atoms with E-state index >= 15 is 0 Å². The minimum Gasteiger partial charge on any atom is -0.507 e. The number of aromatic hydroxyl groups is 1. The Morgan fingerprint density at radius 3 is 2.17 bits per heavy atom. The number of amides is 1. The molecule has 30 heavy (non-hydrogen) atoms. The number of nitrogens with one attached hydrogen (secondary N) is 1. The molecule has 0 spiro atoms. The lowest BCUT2D eigenvalue weighted by molar-refractivity contribution is 0.0955. The molecule has 0 heterocycles. The average molecular weight is 423 g/mol. The first-order valence-electron chi connectivity index (χ1n) is 9.08. The number of carbonyl (C=O) groups is 1. The summed E-state index contributed by atoms with van der Waals surface area (Å²) in [4.78, 5) is 12.5. The molecule has 0 aliphatic carbocycles. The van der Waals surface area contributed by atoms with E-state index in [1.54, 1.807) is 55.5 Å². The van der Waals surface area contributed by atoms with Gasteiger partial charge in [-0.1, -0.05) is 30.3 Å². The minimum atomic E-state index is -3.69. The molecule has 0 fully saturated rings. The molecule has 0 unspecified atom stereocenters. The monoisotopic (exact) mass is 423 g/mol. The first-order chi connectivity index (χ1) is 14.3. The van der Waals surface area contributed by atoms with E-state index in [9.17, 15) is 18.3 Å². The predicted molar refractivity (Wildman–Crippen MR) is 116 cm³/mol. The number of hydrogen-bond acceptors (Lipinski definition) is 5. The third kappa shape index (κ3) is 4.49. The standard InChI is InChI=1S/C22H21N3O4S/c1-16(20-10-6-7-11-21(20)26)23-24-22(27)17-12-14-18(15-13-17)25(2)30(28,29)19-8-4-3-5-9-19/h3-15,26H,1-2H3,(H,24,27)/b23-16+. The smallest absolute Gasteiger partial charge is 0.271 e. The molecule has 8 heteroatoms. The molecule has 0 aliphatic rings. The predicted octanol–water partition coefficient (Wildman–Crippen LogP) is 3.37. The lowest BCUT2D eigenvalue weighted by atomic mass is 10.1. The van der Waals surface area contributed by atoms with E-state index in [4.69, 9.17) is 0 Å². The molecule has 2 N–H and O–H groups in total. The van der Waals surface area contributed by atoms with Gasteiger partial charge >= 0.3 is 0 Å². The van der Waals surface area contributed by atoms with E-state index in [1.807, 2.05) is 0 Å².